The lowest BCUT2D eigenvalue weighted by Crippen LogP contribution is -2.01. The van der Waals surface area contributed by atoms with Gasteiger partial charge in [-0.25, -0.2) is 4.98 Å². The van der Waals surface area contributed by atoms with Crippen molar-refractivity contribution in [3.05, 3.63) is 83.5 Å². The highest BCUT2D eigenvalue weighted by Gasteiger charge is 2.22. The summed E-state index contributed by atoms with van der Waals surface area (Å²) < 4.78 is 0. The summed E-state index contributed by atoms with van der Waals surface area (Å²) in [7, 11) is 0. The molecule has 1 fully saturated rings. The average Bonchev–Trinajstić information content (AvgIpc) is 3.60. The van der Waals surface area contributed by atoms with Crippen molar-refractivity contribution in [3.63, 3.8) is 0 Å². The standard InChI is InChI=1S/C23H21ClN2.C5H12/c1-15(17-11-12-17)13-16(2)25-23-19-8-4-3-7-18(19)14-22(26-23)20-9-5-6-10-21(20)24;1-3-5-4-2/h3-10,13-14,17H,2,11-12H2,1H3,(H,25,26);3-5H2,1-2H3/b15-13+;. The van der Waals surface area contributed by atoms with Gasteiger partial charge in [-0.05, 0) is 49.3 Å². The maximum absolute atomic E-state index is 6.39. The van der Waals surface area contributed by atoms with E-state index in [4.69, 9.17) is 16.6 Å². The second-order valence-electron chi connectivity index (χ2n) is 8.22. The second kappa shape index (κ2) is 11.2. The minimum atomic E-state index is 0.699. The Morgan fingerprint density at radius 3 is 2.42 bits per heavy atom. The van der Waals surface area contributed by atoms with Gasteiger partial charge in [-0.2, -0.15) is 0 Å². The Balaban J connectivity index is 0.000000491. The summed E-state index contributed by atoms with van der Waals surface area (Å²) in [4.78, 5) is 4.85. The van der Waals surface area contributed by atoms with E-state index in [-0.39, 0.29) is 0 Å². The van der Waals surface area contributed by atoms with Gasteiger partial charge in [-0.15, -0.1) is 0 Å². The number of rotatable bonds is 7. The molecule has 1 heterocycles. The molecular formula is C28H33ClN2. The Bertz CT molecular complexity index is 1060. The topological polar surface area (TPSA) is 24.9 Å². The average molecular weight is 433 g/mol. The largest absolute Gasteiger partial charge is 0.340 e. The molecule has 3 aromatic rings. The molecule has 1 aliphatic carbocycles. The van der Waals surface area contributed by atoms with E-state index in [0.717, 1.165) is 39.5 Å². The predicted octanol–water partition coefficient (Wildman–Crippen LogP) is 9.03. The first-order chi connectivity index (χ1) is 15.0. The van der Waals surface area contributed by atoms with Crippen LogP contribution >= 0.6 is 11.6 Å². The fourth-order valence-corrected chi connectivity index (χ4v) is 3.81. The Morgan fingerprint density at radius 2 is 1.77 bits per heavy atom. The Hall–Kier alpha value is -2.58. The molecule has 1 saturated carbocycles. The summed E-state index contributed by atoms with van der Waals surface area (Å²) in [5.41, 5.74) is 4.03. The van der Waals surface area contributed by atoms with Crippen molar-refractivity contribution in [2.75, 3.05) is 5.32 Å². The molecule has 4 rings (SSSR count). The van der Waals surface area contributed by atoms with Crippen LogP contribution in [0.15, 0.2) is 78.5 Å². The van der Waals surface area contributed by atoms with E-state index in [0.29, 0.717) is 5.02 Å². The minimum absolute atomic E-state index is 0.699. The van der Waals surface area contributed by atoms with E-state index in [1.165, 1.54) is 37.7 Å². The van der Waals surface area contributed by atoms with Crippen molar-refractivity contribution in [1.29, 1.82) is 0 Å². The summed E-state index contributed by atoms with van der Waals surface area (Å²) >= 11 is 6.39. The molecule has 0 aliphatic heterocycles. The molecule has 0 spiro atoms. The normalized spacial score (nSPS) is 13.5. The summed E-state index contributed by atoms with van der Waals surface area (Å²) in [5.74, 6) is 1.54. The predicted molar refractivity (Wildman–Crippen MR) is 137 cm³/mol. The zero-order valence-electron chi connectivity index (χ0n) is 18.9. The molecule has 1 aromatic heterocycles. The van der Waals surface area contributed by atoms with Crippen LogP contribution in [0, 0.1) is 5.92 Å². The highest BCUT2D eigenvalue weighted by atomic mass is 35.5. The number of fused-ring (bicyclic) bond motifs is 1. The van der Waals surface area contributed by atoms with Gasteiger partial charge in [0.2, 0.25) is 0 Å². The number of aromatic nitrogens is 1. The number of hydrogen-bond donors (Lipinski definition) is 1. The fraction of sp³-hybridized carbons (Fsp3) is 0.321. The van der Waals surface area contributed by atoms with Crippen LogP contribution in [0.2, 0.25) is 5.02 Å². The second-order valence-corrected chi connectivity index (χ2v) is 8.63. The first kappa shape index (κ1) is 23.1. The number of nitrogens with one attached hydrogen (secondary N) is 1. The maximum atomic E-state index is 6.39. The zero-order valence-corrected chi connectivity index (χ0v) is 19.7. The van der Waals surface area contributed by atoms with E-state index >= 15 is 0 Å². The minimum Gasteiger partial charge on any atom is -0.340 e. The lowest BCUT2D eigenvalue weighted by molar-refractivity contribution is 0.772. The molecule has 2 aromatic carbocycles. The van der Waals surface area contributed by atoms with Crippen LogP contribution < -0.4 is 5.32 Å². The van der Waals surface area contributed by atoms with E-state index in [1.807, 2.05) is 36.4 Å². The monoisotopic (exact) mass is 432 g/mol. The molecule has 2 nitrogen and oxygen atoms in total. The van der Waals surface area contributed by atoms with Gasteiger partial charge in [0.05, 0.1) is 5.69 Å². The molecular weight excluding hydrogens is 400 g/mol. The number of halogens is 1. The van der Waals surface area contributed by atoms with Gasteiger partial charge in [0.15, 0.2) is 0 Å². The number of pyridine rings is 1. The summed E-state index contributed by atoms with van der Waals surface area (Å²) in [6.07, 6.45) is 8.79. The van der Waals surface area contributed by atoms with E-state index in [2.05, 4.69) is 56.9 Å². The lowest BCUT2D eigenvalue weighted by atomic mass is 10.1. The third-order valence-corrected chi connectivity index (χ3v) is 5.83. The molecule has 162 valence electrons. The Labute approximate surface area is 192 Å². The summed E-state index contributed by atoms with van der Waals surface area (Å²) in [5, 5.41) is 6.29. The van der Waals surface area contributed by atoms with Gasteiger partial charge >= 0.3 is 0 Å². The number of benzene rings is 2. The van der Waals surface area contributed by atoms with Crippen LogP contribution in [0.5, 0.6) is 0 Å². The molecule has 0 bridgehead atoms. The highest BCUT2D eigenvalue weighted by molar-refractivity contribution is 6.33. The van der Waals surface area contributed by atoms with Crippen LogP contribution in [0.1, 0.15) is 52.9 Å². The smallest absolute Gasteiger partial charge is 0.138 e. The van der Waals surface area contributed by atoms with Crippen LogP contribution in [0.3, 0.4) is 0 Å². The molecule has 0 amide bonds. The van der Waals surface area contributed by atoms with Crippen molar-refractivity contribution in [1.82, 2.24) is 4.98 Å². The summed E-state index contributed by atoms with van der Waals surface area (Å²) in [6.45, 7) is 10.8. The molecule has 0 unspecified atom stereocenters. The molecule has 0 atom stereocenters. The first-order valence-electron chi connectivity index (χ1n) is 11.3. The molecule has 3 heteroatoms. The van der Waals surface area contributed by atoms with Crippen molar-refractivity contribution < 1.29 is 0 Å². The van der Waals surface area contributed by atoms with Gasteiger partial charge in [-0.3, -0.25) is 0 Å². The number of anilines is 1. The van der Waals surface area contributed by atoms with Crippen LogP contribution in [0.4, 0.5) is 5.82 Å². The number of hydrogen-bond acceptors (Lipinski definition) is 2. The first-order valence-corrected chi connectivity index (χ1v) is 11.7. The summed E-state index contributed by atoms with van der Waals surface area (Å²) in [6, 6.07) is 18.1. The highest BCUT2D eigenvalue weighted by Crippen LogP contribution is 2.37. The third-order valence-electron chi connectivity index (χ3n) is 5.50. The van der Waals surface area contributed by atoms with Gasteiger partial charge < -0.3 is 5.32 Å². The van der Waals surface area contributed by atoms with Crippen molar-refractivity contribution >= 4 is 28.2 Å². The number of allylic oxidation sites excluding steroid dienone is 2. The molecule has 1 aliphatic rings. The third kappa shape index (κ3) is 6.45. The number of unbranched alkanes of at least 4 members (excludes halogenated alkanes) is 2. The zero-order chi connectivity index (χ0) is 22.2. The molecule has 0 saturated heterocycles. The van der Waals surface area contributed by atoms with Crippen molar-refractivity contribution in [3.8, 4) is 11.3 Å². The van der Waals surface area contributed by atoms with Crippen LogP contribution in [0.25, 0.3) is 22.0 Å². The van der Waals surface area contributed by atoms with Crippen molar-refractivity contribution in [2.24, 2.45) is 5.92 Å². The number of nitrogens with zero attached hydrogens (tertiary/aromatic N) is 1. The molecule has 0 radical (unpaired) electrons. The van der Waals surface area contributed by atoms with E-state index in [9.17, 15) is 0 Å². The van der Waals surface area contributed by atoms with Crippen LogP contribution in [-0.2, 0) is 0 Å². The molecule has 31 heavy (non-hydrogen) atoms. The van der Waals surface area contributed by atoms with Gasteiger partial charge in [0, 0.05) is 21.7 Å². The van der Waals surface area contributed by atoms with Crippen LogP contribution in [-0.4, -0.2) is 4.98 Å². The Morgan fingerprint density at radius 1 is 1.10 bits per heavy atom. The fourth-order valence-electron chi connectivity index (χ4n) is 3.57. The molecule has 1 N–H and O–H groups in total. The Kier molecular flexibility index (Phi) is 8.31. The van der Waals surface area contributed by atoms with Gasteiger partial charge in [0.1, 0.15) is 5.82 Å². The maximum Gasteiger partial charge on any atom is 0.138 e. The SMILES string of the molecule is C=C(/C=C(\C)C1CC1)Nc1nc(-c2ccccc2Cl)cc2ccccc12.CCCCC. The van der Waals surface area contributed by atoms with Gasteiger partial charge in [0.25, 0.3) is 0 Å². The lowest BCUT2D eigenvalue weighted by Gasteiger charge is -2.13. The quantitative estimate of drug-likeness (QED) is 0.376. The van der Waals surface area contributed by atoms with Crippen molar-refractivity contribution in [2.45, 2.75) is 52.9 Å². The van der Waals surface area contributed by atoms with Gasteiger partial charge in [-0.1, -0.05) is 99.3 Å². The van der Waals surface area contributed by atoms with E-state index in [1.54, 1.807) is 0 Å². The van der Waals surface area contributed by atoms with E-state index < -0.39 is 0 Å².